The first kappa shape index (κ1) is 13.8. The highest BCUT2D eigenvalue weighted by Gasteiger charge is 2.05. The van der Waals surface area contributed by atoms with E-state index in [-0.39, 0.29) is 6.61 Å². The van der Waals surface area contributed by atoms with Gasteiger partial charge in [-0.3, -0.25) is 0 Å². The first-order valence-corrected chi connectivity index (χ1v) is 7.10. The summed E-state index contributed by atoms with van der Waals surface area (Å²) in [5, 5.41) is 9.21. The molecule has 0 heterocycles. The number of hydrogen-bond donors (Lipinski definition) is 1. The average molecular weight is 254 g/mol. The van der Waals surface area contributed by atoms with E-state index < -0.39 is 0 Å². The number of hydrogen-bond acceptors (Lipinski definition) is 1. The molecule has 2 aromatic carbocycles. The van der Waals surface area contributed by atoms with Crippen molar-refractivity contribution in [3.63, 3.8) is 0 Å². The highest BCUT2D eigenvalue weighted by molar-refractivity contribution is 5.68. The van der Waals surface area contributed by atoms with Crippen LogP contribution in [0.4, 0.5) is 0 Å². The first-order chi connectivity index (χ1) is 9.28. The number of aryl methyl sites for hydroxylation is 2. The van der Waals surface area contributed by atoms with Crippen LogP contribution in [0.1, 0.15) is 37.0 Å². The lowest BCUT2D eigenvalue weighted by Gasteiger charge is -2.10. The molecule has 0 radical (unpaired) electrons. The van der Waals surface area contributed by atoms with Crippen LogP contribution < -0.4 is 0 Å². The van der Waals surface area contributed by atoms with E-state index in [4.69, 9.17) is 0 Å². The minimum atomic E-state index is 0.114. The van der Waals surface area contributed by atoms with Gasteiger partial charge in [-0.25, -0.2) is 0 Å². The molecule has 2 rings (SSSR count). The summed E-state index contributed by atoms with van der Waals surface area (Å²) < 4.78 is 0. The van der Waals surface area contributed by atoms with E-state index in [0.717, 1.165) is 18.4 Å². The Hall–Kier alpha value is -1.60. The Labute approximate surface area is 115 Å². The SMILES string of the molecule is CCCc1ccc(-c2ccc(CO)cc2CC)cc1. The maximum absolute atomic E-state index is 9.21. The third-order valence-corrected chi connectivity index (χ3v) is 3.54. The van der Waals surface area contributed by atoms with Crippen LogP contribution in [0, 0.1) is 0 Å². The van der Waals surface area contributed by atoms with Crippen molar-refractivity contribution >= 4 is 0 Å². The van der Waals surface area contributed by atoms with Gasteiger partial charge in [-0.15, -0.1) is 0 Å². The van der Waals surface area contributed by atoms with Crippen molar-refractivity contribution in [3.05, 3.63) is 59.2 Å². The molecule has 0 saturated heterocycles. The van der Waals surface area contributed by atoms with Crippen molar-refractivity contribution in [2.45, 2.75) is 39.7 Å². The van der Waals surface area contributed by atoms with Gasteiger partial charge in [0.25, 0.3) is 0 Å². The summed E-state index contributed by atoms with van der Waals surface area (Å²) in [6.45, 7) is 4.48. The summed E-state index contributed by atoms with van der Waals surface area (Å²) in [4.78, 5) is 0. The van der Waals surface area contributed by atoms with E-state index in [1.807, 2.05) is 6.07 Å². The summed E-state index contributed by atoms with van der Waals surface area (Å²) in [5.41, 5.74) is 6.23. The number of benzene rings is 2. The molecule has 0 bridgehead atoms. The van der Waals surface area contributed by atoms with E-state index in [9.17, 15) is 5.11 Å². The summed E-state index contributed by atoms with van der Waals surface area (Å²) in [5.74, 6) is 0. The fraction of sp³-hybridized carbons (Fsp3) is 0.333. The second-order valence-electron chi connectivity index (χ2n) is 4.95. The van der Waals surface area contributed by atoms with Crippen molar-refractivity contribution in [3.8, 4) is 11.1 Å². The predicted molar refractivity (Wildman–Crippen MR) is 81.2 cm³/mol. The lowest BCUT2D eigenvalue weighted by Crippen LogP contribution is -1.92. The molecule has 1 N–H and O–H groups in total. The van der Waals surface area contributed by atoms with Gasteiger partial charge in [0.05, 0.1) is 6.61 Å². The fourth-order valence-electron chi connectivity index (χ4n) is 2.46. The zero-order chi connectivity index (χ0) is 13.7. The highest BCUT2D eigenvalue weighted by Crippen LogP contribution is 2.26. The van der Waals surface area contributed by atoms with Crippen LogP contribution in [-0.4, -0.2) is 5.11 Å². The molecule has 0 unspecified atom stereocenters. The second kappa shape index (κ2) is 6.53. The molecule has 2 aromatic rings. The van der Waals surface area contributed by atoms with Gasteiger partial charge in [-0.1, -0.05) is 62.7 Å². The molecular weight excluding hydrogens is 232 g/mol. The Bertz CT molecular complexity index is 526. The molecule has 0 atom stereocenters. The van der Waals surface area contributed by atoms with Crippen LogP contribution >= 0.6 is 0 Å². The average Bonchev–Trinajstić information content (AvgIpc) is 2.48. The standard InChI is InChI=1S/C18H22O/c1-3-5-14-6-9-17(10-7-14)18-11-8-15(13-19)12-16(18)4-2/h6-12,19H,3-5,13H2,1-2H3. The first-order valence-electron chi connectivity index (χ1n) is 7.10. The minimum absolute atomic E-state index is 0.114. The van der Waals surface area contributed by atoms with Gasteiger partial charge in [0.2, 0.25) is 0 Å². The van der Waals surface area contributed by atoms with Gasteiger partial charge in [0.1, 0.15) is 0 Å². The van der Waals surface area contributed by atoms with E-state index in [0.29, 0.717) is 0 Å². The topological polar surface area (TPSA) is 20.2 Å². The Morgan fingerprint density at radius 3 is 2.16 bits per heavy atom. The number of aliphatic hydroxyl groups excluding tert-OH is 1. The Kier molecular flexibility index (Phi) is 4.75. The van der Waals surface area contributed by atoms with E-state index in [1.54, 1.807) is 0 Å². The van der Waals surface area contributed by atoms with Gasteiger partial charge in [-0.05, 0) is 40.7 Å². The third kappa shape index (κ3) is 3.24. The molecular formula is C18H22O. The molecule has 0 fully saturated rings. The van der Waals surface area contributed by atoms with Crippen LogP contribution in [0.5, 0.6) is 0 Å². The zero-order valence-corrected chi connectivity index (χ0v) is 11.8. The zero-order valence-electron chi connectivity index (χ0n) is 11.8. The predicted octanol–water partition coefficient (Wildman–Crippen LogP) is 4.36. The van der Waals surface area contributed by atoms with Crippen LogP contribution in [0.2, 0.25) is 0 Å². The lowest BCUT2D eigenvalue weighted by molar-refractivity contribution is 0.282. The van der Waals surface area contributed by atoms with Crippen LogP contribution in [0.3, 0.4) is 0 Å². The maximum atomic E-state index is 9.21. The smallest absolute Gasteiger partial charge is 0.0681 e. The molecule has 0 aliphatic rings. The van der Waals surface area contributed by atoms with Crippen molar-refractivity contribution in [1.29, 1.82) is 0 Å². The summed E-state index contributed by atoms with van der Waals surface area (Å²) in [6, 6.07) is 15.1. The molecule has 0 spiro atoms. The van der Waals surface area contributed by atoms with Crippen molar-refractivity contribution in [2.24, 2.45) is 0 Å². The summed E-state index contributed by atoms with van der Waals surface area (Å²) in [7, 11) is 0. The maximum Gasteiger partial charge on any atom is 0.0681 e. The van der Waals surface area contributed by atoms with Gasteiger partial charge >= 0.3 is 0 Å². The normalized spacial score (nSPS) is 10.7. The molecule has 1 nitrogen and oxygen atoms in total. The number of aliphatic hydroxyl groups is 1. The number of rotatable bonds is 5. The van der Waals surface area contributed by atoms with Crippen LogP contribution in [0.15, 0.2) is 42.5 Å². The Morgan fingerprint density at radius 1 is 0.895 bits per heavy atom. The molecule has 0 aromatic heterocycles. The summed E-state index contributed by atoms with van der Waals surface area (Å²) in [6.07, 6.45) is 3.31. The van der Waals surface area contributed by atoms with E-state index >= 15 is 0 Å². The van der Waals surface area contributed by atoms with Crippen LogP contribution in [0.25, 0.3) is 11.1 Å². The van der Waals surface area contributed by atoms with Crippen LogP contribution in [-0.2, 0) is 19.4 Å². The van der Waals surface area contributed by atoms with Gasteiger partial charge < -0.3 is 5.11 Å². The van der Waals surface area contributed by atoms with Gasteiger partial charge in [-0.2, -0.15) is 0 Å². The quantitative estimate of drug-likeness (QED) is 0.840. The molecule has 0 saturated carbocycles. The largest absolute Gasteiger partial charge is 0.392 e. The summed E-state index contributed by atoms with van der Waals surface area (Å²) >= 11 is 0. The molecule has 0 aliphatic heterocycles. The highest BCUT2D eigenvalue weighted by atomic mass is 16.3. The van der Waals surface area contributed by atoms with Crippen molar-refractivity contribution in [2.75, 3.05) is 0 Å². The minimum Gasteiger partial charge on any atom is -0.392 e. The lowest BCUT2D eigenvalue weighted by atomic mass is 9.95. The molecule has 0 aliphatic carbocycles. The molecule has 19 heavy (non-hydrogen) atoms. The third-order valence-electron chi connectivity index (χ3n) is 3.54. The van der Waals surface area contributed by atoms with Gasteiger partial charge in [0.15, 0.2) is 0 Å². The molecule has 100 valence electrons. The fourth-order valence-corrected chi connectivity index (χ4v) is 2.46. The Morgan fingerprint density at radius 2 is 1.58 bits per heavy atom. The molecule has 1 heteroatoms. The van der Waals surface area contributed by atoms with Crippen molar-refractivity contribution < 1.29 is 5.11 Å². The Balaban J connectivity index is 2.35. The molecule has 0 amide bonds. The van der Waals surface area contributed by atoms with Crippen molar-refractivity contribution in [1.82, 2.24) is 0 Å². The van der Waals surface area contributed by atoms with Gasteiger partial charge in [0, 0.05) is 0 Å². The second-order valence-corrected chi connectivity index (χ2v) is 4.95. The monoisotopic (exact) mass is 254 g/mol. The van der Waals surface area contributed by atoms with E-state index in [2.05, 4.69) is 50.2 Å². The van der Waals surface area contributed by atoms with E-state index in [1.165, 1.54) is 28.7 Å².